The van der Waals surface area contributed by atoms with E-state index in [0.717, 1.165) is 9.40 Å². The zero-order valence-electron chi connectivity index (χ0n) is 12.2. The van der Waals surface area contributed by atoms with Crippen molar-refractivity contribution in [3.63, 3.8) is 0 Å². The van der Waals surface area contributed by atoms with Crippen LogP contribution in [0.1, 0.15) is 9.67 Å². The number of carbonyl (C=O) groups is 1. The molecule has 23 heavy (non-hydrogen) atoms. The number of rotatable bonds is 3. The number of thiophene rings is 2. The fourth-order valence-corrected chi connectivity index (χ4v) is 4.85. The van der Waals surface area contributed by atoms with Crippen LogP contribution in [0.25, 0.3) is 19.5 Å². The summed E-state index contributed by atoms with van der Waals surface area (Å²) in [5.41, 5.74) is 0. The van der Waals surface area contributed by atoms with Crippen molar-refractivity contribution in [1.82, 2.24) is 4.98 Å². The van der Waals surface area contributed by atoms with Gasteiger partial charge < -0.3 is 10.1 Å². The van der Waals surface area contributed by atoms with Crippen LogP contribution >= 0.6 is 22.7 Å². The normalized spacial score (nSPS) is 11.0. The number of ether oxygens (including phenoxy) is 1. The van der Waals surface area contributed by atoms with Gasteiger partial charge in [-0.15, -0.1) is 22.7 Å². The van der Waals surface area contributed by atoms with E-state index in [1.165, 1.54) is 21.4 Å². The van der Waals surface area contributed by atoms with Crippen LogP contribution in [0.5, 0.6) is 5.75 Å². The van der Waals surface area contributed by atoms with Gasteiger partial charge in [0.05, 0.1) is 16.7 Å². The van der Waals surface area contributed by atoms with Crippen LogP contribution in [-0.4, -0.2) is 18.0 Å². The second-order valence-electron chi connectivity index (χ2n) is 4.91. The van der Waals surface area contributed by atoms with E-state index in [1.807, 2.05) is 18.2 Å². The van der Waals surface area contributed by atoms with Crippen molar-refractivity contribution in [2.45, 2.75) is 0 Å². The summed E-state index contributed by atoms with van der Waals surface area (Å²) in [5, 5.41) is 4.02. The van der Waals surface area contributed by atoms with Gasteiger partial charge in [-0.2, -0.15) is 0 Å². The number of hydrogen-bond acceptors (Lipinski definition) is 5. The van der Waals surface area contributed by atoms with Gasteiger partial charge in [-0.05, 0) is 24.3 Å². The Morgan fingerprint density at radius 1 is 1.13 bits per heavy atom. The maximum absolute atomic E-state index is 12.5. The average Bonchev–Trinajstić information content (AvgIpc) is 3.13. The molecule has 1 N–H and O–H groups in total. The third-order valence-corrected chi connectivity index (χ3v) is 5.91. The Labute approximate surface area is 140 Å². The Kier molecular flexibility index (Phi) is 3.48. The van der Waals surface area contributed by atoms with Crippen molar-refractivity contribution in [2.24, 2.45) is 0 Å². The van der Waals surface area contributed by atoms with Crippen molar-refractivity contribution >= 4 is 53.9 Å². The first-order chi connectivity index (χ1) is 11.3. The first-order valence-electron chi connectivity index (χ1n) is 6.97. The second-order valence-corrected chi connectivity index (χ2v) is 7.05. The number of nitrogens with zero attached hydrogens (tertiary/aromatic N) is 1. The van der Waals surface area contributed by atoms with Gasteiger partial charge in [-0.25, -0.2) is 4.98 Å². The van der Waals surface area contributed by atoms with E-state index in [2.05, 4.69) is 22.4 Å². The van der Waals surface area contributed by atoms with Crippen molar-refractivity contribution in [3.8, 4) is 5.75 Å². The van der Waals surface area contributed by atoms with Gasteiger partial charge >= 0.3 is 0 Å². The molecule has 3 aromatic heterocycles. The summed E-state index contributed by atoms with van der Waals surface area (Å²) >= 11 is 3.21. The molecule has 6 heteroatoms. The molecular formula is C17H12N2O2S2. The number of amides is 1. The Morgan fingerprint density at radius 2 is 2.00 bits per heavy atom. The predicted octanol–water partition coefficient (Wildman–Crippen LogP) is 4.77. The molecule has 0 aliphatic rings. The molecule has 114 valence electrons. The van der Waals surface area contributed by atoms with Gasteiger partial charge in [-0.1, -0.05) is 18.2 Å². The van der Waals surface area contributed by atoms with Crippen molar-refractivity contribution < 1.29 is 9.53 Å². The molecule has 0 aliphatic carbocycles. The molecule has 3 heterocycles. The van der Waals surface area contributed by atoms with E-state index >= 15 is 0 Å². The number of aromatic nitrogens is 1. The quantitative estimate of drug-likeness (QED) is 0.584. The highest BCUT2D eigenvalue weighted by Gasteiger charge is 2.16. The van der Waals surface area contributed by atoms with Gasteiger partial charge in [0.15, 0.2) is 11.6 Å². The molecule has 0 saturated heterocycles. The number of pyridine rings is 1. The summed E-state index contributed by atoms with van der Waals surface area (Å²) in [6.07, 6.45) is 1.62. The van der Waals surface area contributed by atoms with Crippen LogP contribution in [0.2, 0.25) is 0 Å². The molecule has 4 aromatic rings. The lowest BCUT2D eigenvalue weighted by atomic mass is 10.2. The Hall–Kier alpha value is -2.44. The summed E-state index contributed by atoms with van der Waals surface area (Å²) < 4.78 is 8.74. The second kappa shape index (κ2) is 5.64. The highest BCUT2D eigenvalue weighted by molar-refractivity contribution is 7.33. The molecule has 0 spiro atoms. The molecule has 0 saturated carbocycles. The lowest BCUT2D eigenvalue weighted by molar-refractivity contribution is 0.103. The van der Waals surface area contributed by atoms with Crippen LogP contribution < -0.4 is 10.1 Å². The van der Waals surface area contributed by atoms with Gasteiger partial charge in [0.2, 0.25) is 0 Å². The predicted molar refractivity (Wildman–Crippen MR) is 96.0 cm³/mol. The van der Waals surface area contributed by atoms with Gasteiger partial charge in [0.1, 0.15) is 0 Å². The van der Waals surface area contributed by atoms with Gasteiger partial charge in [0.25, 0.3) is 5.91 Å². The number of hydrogen-bond donors (Lipinski definition) is 1. The Bertz CT molecular complexity index is 1020. The highest BCUT2D eigenvalue weighted by atomic mass is 32.1. The van der Waals surface area contributed by atoms with E-state index in [-0.39, 0.29) is 5.91 Å². The molecular weight excluding hydrogens is 328 g/mol. The molecule has 0 radical (unpaired) electrons. The maximum Gasteiger partial charge on any atom is 0.267 e. The average molecular weight is 340 g/mol. The molecule has 0 atom stereocenters. The molecule has 1 amide bonds. The van der Waals surface area contributed by atoms with Gasteiger partial charge in [0, 0.05) is 21.0 Å². The first kappa shape index (κ1) is 14.2. The fourth-order valence-electron chi connectivity index (χ4n) is 2.43. The summed E-state index contributed by atoms with van der Waals surface area (Å²) in [5.74, 6) is 0.811. The van der Waals surface area contributed by atoms with E-state index in [9.17, 15) is 4.79 Å². The molecule has 0 fully saturated rings. The number of fused-ring (bicyclic) bond motifs is 3. The molecule has 0 bridgehead atoms. The molecule has 4 rings (SSSR count). The standard InChI is InChI=1S/C17H12N2O2S2/c1-21-11-6-4-8-18-16(11)19-17(20)14-9-13-15(23-14)10-5-2-3-7-12(10)22-13/h2-9H,1H3,(H,18,19,20). The fraction of sp³-hybridized carbons (Fsp3) is 0.0588. The Morgan fingerprint density at radius 3 is 2.87 bits per heavy atom. The largest absolute Gasteiger partial charge is 0.493 e. The minimum absolute atomic E-state index is 0.167. The third-order valence-electron chi connectivity index (χ3n) is 3.50. The lowest BCUT2D eigenvalue weighted by Gasteiger charge is -2.07. The topological polar surface area (TPSA) is 51.2 Å². The zero-order chi connectivity index (χ0) is 15.8. The van der Waals surface area contributed by atoms with E-state index < -0.39 is 0 Å². The summed E-state index contributed by atoms with van der Waals surface area (Å²) in [6.45, 7) is 0. The SMILES string of the molecule is COc1cccnc1NC(=O)c1cc2sc3ccccc3c2s1. The smallest absolute Gasteiger partial charge is 0.267 e. The zero-order valence-corrected chi connectivity index (χ0v) is 13.8. The monoisotopic (exact) mass is 340 g/mol. The Balaban J connectivity index is 1.69. The number of nitrogens with one attached hydrogen (secondary N) is 1. The van der Waals surface area contributed by atoms with Crippen molar-refractivity contribution in [1.29, 1.82) is 0 Å². The third kappa shape index (κ3) is 2.46. The summed E-state index contributed by atoms with van der Waals surface area (Å²) in [6, 6.07) is 13.7. The van der Waals surface area contributed by atoms with E-state index in [0.29, 0.717) is 16.4 Å². The van der Waals surface area contributed by atoms with Crippen LogP contribution in [-0.2, 0) is 0 Å². The van der Waals surface area contributed by atoms with Crippen LogP contribution in [0, 0.1) is 0 Å². The van der Waals surface area contributed by atoms with Crippen molar-refractivity contribution in [3.05, 3.63) is 53.5 Å². The minimum atomic E-state index is -0.167. The minimum Gasteiger partial charge on any atom is -0.493 e. The van der Waals surface area contributed by atoms with Gasteiger partial charge in [-0.3, -0.25) is 4.79 Å². The van der Waals surface area contributed by atoms with Crippen LogP contribution in [0.3, 0.4) is 0 Å². The van der Waals surface area contributed by atoms with Crippen molar-refractivity contribution in [2.75, 3.05) is 12.4 Å². The van der Waals surface area contributed by atoms with Crippen LogP contribution in [0.4, 0.5) is 5.82 Å². The first-order valence-corrected chi connectivity index (χ1v) is 8.61. The summed E-state index contributed by atoms with van der Waals surface area (Å²) in [7, 11) is 1.56. The van der Waals surface area contributed by atoms with E-state index in [4.69, 9.17) is 4.74 Å². The maximum atomic E-state index is 12.5. The molecule has 1 aromatic carbocycles. The number of benzene rings is 1. The number of carbonyl (C=O) groups excluding carboxylic acids is 1. The lowest BCUT2D eigenvalue weighted by Crippen LogP contribution is -2.12. The van der Waals surface area contributed by atoms with Crippen LogP contribution in [0.15, 0.2) is 48.7 Å². The number of methoxy groups -OCH3 is 1. The van der Waals surface area contributed by atoms with E-state index in [1.54, 1.807) is 36.8 Å². The highest BCUT2D eigenvalue weighted by Crippen LogP contribution is 2.39. The molecule has 0 unspecified atom stereocenters. The summed E-state index contributed by atoms with van der Waals surface area (Å²) in [4.78, 5) is 17.3. The number of anilines is 1. The molecule has 0 aliphatic heterocycles. The molecule has 4 nitrogen and oxygen atoms in total.